The molecule has 2 aromatic carbocycles. The molecule has 2 aromatic rings. The minimum Gasteiger partial charge on any atom is -0.744 e. The maximum atomic E-state index is 12.6. The SMILES string of the molecule is CCCCCCCCC/C=C/OC(=O)c1ccc(S(=O)(=O)[O-])cc1C(=O)O/C=C/CCCCCCCCC.CCCCCCCCC/C=C/OC(=O)c1ccc(S(=O)(=O)[O-])cc1C(=O)O/C=C/CCCCCCCCC.[Ca+2]. The van der Waals surface area contributed by atoms with Crippen molar-refractivity contribution in [2.45, 2.75) is 243 Å². The summed E-state index contributed by atoms with van der Waals surface area (Å²) in [6, 6.07) is 5.86. The molecule has 0 atom stereocenters. The molecule has 0 aliphatic heterocycles. The molecule has 0 aromatic heterocycles. The number of carbonyl (C=O) groups excluding carboxylic acids is 4. The van der Waals surface area contributed by atoms with Crippen molar-refractivity contribution in [3.05, 3.63) is 108 Å². The van der Waals surface area contributed by atoms with Gasteiger partial charge in [-0.05, 0) is 112 Å². The van der Waals surface area contributed by atoms with Crippen LogP contribution < -0.4 is 0 Å². The van der Waals surface area contributed by atoms with Crippen LogP contribution in [0, 0.1) is 0 Å². The van der Waals surface area contributed by atoms with Crippen LogP contribution in [0.1, 0.15) is 275 Å². The summed E-state index contributed by atoms with van der Waals surface area (Å²) in [6.07, 6.45) is 47.7. The fourth-order valence-corrected chi connectivity index (χ4v) is 8.89. The van der Waals surface area contributed by atoms with Crippen molar-refractivity contribution in [3.8, 4) is 0 Å². The molecule has 428 valence electrons. The zero-order chi connectivity index (χ0) is 56.1. The number of hydrogen-bond acceptors (Lipinski definition) is 14. The van der Waals surface area contributed by atoms with Crippen molar-refractivity contribution in [1.29, 1.82) is 0 Å². The number of rotatable bonds is 42. The standard InChI is InChI=1S/2C30H46O7S.Ca/c2*1-3-5-7-9-11-13-15-17-19-23-36-29(31)27-22-21-26(38(33,34)35)25-28(27)30(32)37-24-20-18-16-14-12-10-8-6-4-2;/h2*19-25H,3-18H2,1-2H3,(H,33,34,35);/q;;+2/p-2/b2*23-19+,24-20+;. The summed E-state index contributed by atoms with van der Waals surface area (Å²) in [6.45, 7) is 8.74. The molecule has 0 spiro atoms. The molecule has 0 aliphatic rings. The maximum absolute atomic E-state index is 12.6. The number of ether oxygens (including phenoxy) is 4. The molecule has 0 N–H and O–H groups in total. The molecule has 0 radical (unpaired) electrons. The second-order valence-electron chi connectivity index (χ2n) is 19.1. The van der Waals surface area contributed by atoms with Gasteiger partial charge in [-0.25, -0.2) is 36.0 Å². The first-order chi connectivity index (χ1) is 36.6. The molecular weight excluding hydrogens is 1050 g/mol. The summed E-state index contributed by atoms with van der Waals surface area (Å²) >= 11 is 0. The fraction of sp³-hybridized carbons (Fsp3) is 0.600. The van der Waals surface area contributed by atoms with Gasteiger partial charge >= 0.3 is 61.6 Å². The predicted octanol–water partition coefficient (Wildman–Crippen LogP) is 16.0. The summed E-state index contributed by atoms with van der Waals surface area (Å²) in [4.78, 5) is 49.2. The normalized spacial score (nSPS) is 11.7. The van der Waals surface area contributed by atoms with Gasteiger partial charge in [0.2, 0.25) is 0 Å². The Morgan fingerprint density at radius 1 is 0.351 bits per heavy atom. The van der Waals surface area contributed by atoms with Gasteiger partial charge in [-0.2, -0.15) is 0 Å². The molecule has 0 unspecified atom stereocenters. The zero-order valence-corrected chi connectivity index (χ0v) is 50.8. The molecule has 0 saturated carbocycles. The van der Waals surface area contributed by atoms with E-state index in [4.69, 9.17) is 18.9 Å². The van der Waals surface area contributed by atoms with Crippen LogP contribution in [-0.2, 0) is 39.2 Å². The number of esters is 4. The van der Waals surface area contributed by atoms with Gasteiger partial charge < -0.3 is 28.1 Å². The van der Waals surface area contributed by atoms with Gasteiger partial charge in [0.05, 0.1) is 57.1 Å². The van der Waals surface area contributed by atoms with Crippen LogP contribution in [0.5, 0.6) is 0 Å². The van der Waals surface area contributed by atoms with Crippen LogP contribution in [0.3, 0.4) is 0 Å². The van der Waals surface area contributed by atoms with E-state index < -0.39 is 53.9 Å². The first kappa shape index (κ1) is 73.4. The minimum absolute atomic E-state index is 0. The van der Waals surface area contributed by atoms with Crippen LogP contribution in [-0.4, -0.2) is 87.6 Å². The van der Waals surface area contributed by atoms with Gasteiger partial charge in [-0.15, -0.1) is 0 Å². The molecule has 0 aliphatic carbocycles. The monoisotopic (exact) mass is 1140 g/mol. The van der Waals surface area contributed by atoms with Crippen LogP contribution in [0.25, 0.3) is 0 Å². The van der Waals surface area contributed by atoms with E-state index >= 15 is 0 Å². The molecule has 17 heteroatoms. The Balaban J connectivity index is 0.00000148. The molecule has 0 heterocycles. The molecule has 0 saturated heterocycles. The largest absolute Gasteiger partial charge is 2.00 e. The minimum atomic E-state index is -4.82. The molecule has 0 bridgehead atoms. The third-order valence-corrected chi connectivity index (χ3v) is 14.1. The summed E-state index contributed by atoms with van der Waals surface area (Å²) in [7, 11) is -9.65. The third-order valence-electron chi connectivity index (χ3n) is 12.4. The van der Waals surface area contributed by atoms with Crippen LogP contribution in [0.4, 0.5) is 0 Å². The van der Waals surface area contributed by atoms with Crippen molar-refractivity contribution in [3.63, 3.8) is 0 Å². The van der Waals surface area contributed by atoms with E-state index in [0.717, 1.165) is 113 Å². The smallest absolute Gasteiger partial charge is 0.744 e. The first-order valence-corrected chi connectivity index (χ1v) is 31.1. The van der Waals surface area contributed by atoms with E-state index in [1.807, 2.05) is 0 Å². The van der Waals surface area contributed by atoms with E-state index in [0.29, 0.717) is 0 Å². The summed E-state index contributed by atoms with van der Waals surface area (Å²) < 4.78 is 89.2. The molecule has 77 heavy (non-hydrogen) atoms. The number of hydrogen-bond donors (Lipinski definition) is 0. The van der Waals surface area contributed by atoms with Crippen LogP contribution >= 0.6 is 0 Å². The summed E-state index contributed by atoms with van der Waals surface area (Å²) in [5.74, 6) is -3.56. The number of allylic oxidation sites excluding steroid dienone is 4. The summed E-state index contributed by atoms with van der Waals surface area (Å²) in [5.41, 5.74) is -1.03. The molecule has 0 amide bonds. The average Bonchev–Trinajstić information content (AvgIpc) is 3.39. The van der Waals surface area contributed by atoms with Gasteiger partial charge in [0.1, 0.15) is 20.2 Å². The third kappa shape index (κ3) is 37.0. The van der Waals surface area contributed by atoms with Gasteiger partial charge in [0.25, 0.3) is 0 Å². The molecule has 2 rings (SSSR count). The van der Waals surface area contributed by atoms with Crippen molar-refractivity contribution < 1.29 is 64.1 Å². The molecule has 14 nitrogen and oxygen atoms in total. The van der Waals surface area contributed by atoms with Crippen LogP contribution in [0.2, 0.25) is 0 Å². The fourth-order valence-electron chi connectivity index (χ4n) is 7.89. The van der Waals surface area contributed by atoms with E-state index in [2.05, 4.69) is 27.7 Å². The number of unbranched alkanes of at least 4 members (excludes halogenated alkanes) is 28. The Hall–Kier alpha value is -3.64. The Bertz CT molecular complexity index is 2130. The van der Waals surface area contributed by atoms with E-state index in [1.54, 1.807) is 24.3 Å². The number of carbonyl (C=O) groups is 4. The Morgan fingerprint density at radius 3 is 0.779 bits per heavy atom. The molecular formula is C60H90CaO14S2. The second-order valence-corrected chi connectivity index (χ2v) is 21.8. The van der Waals surface area contributed by atoms with E-state index in [-0.39, 0.29) is 60.0 Å². The Kier molecular flexibility index (Phi) is 45.0. The van der Waals surface area contributed by atoms with Crippen molar-refractivity contribution in [2.75, 3.05) is 0 Å². The number of benzene rings is 2. The maximum Gasteiger partial charge on any atom is 2.00 e. The van der Waals surface area contributed by atoms with Gasteiger partial charge in [-0.1, -0.05) is 182 Å². The van der Waals surface area contributed by atoms with Crippen molar-refractivity contribution >= 4 is 81.9 Å². The first-order valence-electron chi connectivity index (χ1n) is 28.3. The van der Waals surface area contributed by atoms with Crippen molar-refractivity contribution in [2.24, 2.45) is 0 Å². The van der Waals surface area contributed by atoms with Crippen LogP contribution in [0.15, 0.2) is 95.5 Å². The quantitative estimate of drug-likeness (QED) is 0.0151. The topological polar surface area (TPSA) is 220 Å². The van der Waals surface area contributed by atoms with Gasteiger partial charge in [0, 0.05) is 0 Å². The predicted molar refractivity (Wildman–Crippen MR) is 303 cm³/mol. The molecule has 0 fully saturated rings. The Labute approximate surface area is 493 Å². The van der Waals surface area contributed by atoms with E-state index in [9.17, 15) is 45.1 Å². The van der Waals surface area contributed by atoms with E-state index in [1.165, 1.54) is 153 Å². The van der Waals surface area contributed by atoms with Gasteiger partial charge in [-0.3, -0.25) is 0 Å². The summed E-state index contributed by atoms with van der Waals surface area (Å²) in [5, 5.41) is 0. The van der Waals surface area contributed by atoms with Gasteiger partial charge in [0.15, 0.2) is 0 Å². The zero-order valence-electron chi connectivity index (χ0n) is 46.9. The second kappa shape index (κ2) is 47.2. The Morgan fingerprint density at radius 2 is 0.558 bits per heavy atom. The van der Waals surface area contributed by atoms with Crippen molar-refractivity contribution in [1.82, 2.24) is 0 Å². The average molecular weight is 1140 g/mol.